The Kier molecular flexibility index (Phi) is 8.59. The van der Waals surface area contributed by atoms with Crippen molar-refractivity contribution in [3.05, 3.63) is 25.3 Å². The van der Waals surface area contributed by atoms with Crippen LogP contribution in [0.5, 0.6) is 0 Å². The smallest absolute Gasteiger partial charge is 0.0192 e. The first kappa shape index (κ1) is 13.4. The van der Waals surface area contributed by atoms with Gasteiger partial charge in [0, 0.05) is 12.1 Å². The summed E-state index contributed by atoms with van der Waals surface area (Å²) in [6, 6.07) is 0.277. The molecule has 0 radical (unpaired) electrons. The number of hydrogen-bond donors (Lipinski definition) is 2. The molecule has 0 aliphatic carbocycles. The Morgan fingerprint density at radius 2 is 1.21 bits per heavy atom. The third kappa shape index (κ3) is 6.87. The van der Waals surface area contributed by atoms with E-state index in [1.807, 2.05) is 12.2 Å². The molecule has 0 aromatic carbocycles. The van der Waals surface area contributed by atoms with Crippen molar-refractivity contribution >= 4 is 0 Å². The maximum absolute atomic E-state index is 5.96. The van der Waals surface area contributed by atoms with E-state index in [0.29, 0.717) is 0 Å². The molecule has 0 saturated carbocycles. The molecule has 82 valence electrons. The first-order valence-corrected chi connectivity index (χ1v) is 5.45. The lowest BCUT2D eigenvalue weighted by Gasteiger charge is -2.19. The highest BCUT2D eigenvalue weighted by Crippen LogP contribution is 2.07. The summed E-state index contributed by atoms with van der Waals surface area (Å²) in [4.78, 5) is 0. The molecule has 2 nitrogen and oxygen atoms in total. The Bertz CT molecular complexity index is 136. The molecule has 0 aromatic heterocycles. The van der Waals surface area contributed by atoms with Gasteiger partial charge in [0.05, 0.1) is 0 Å². The first-order valence-electron chi connectivity index (χ1n) is 5.45. The van der Waals surface area contributed by atoms with Crippen LogP contribution in [-0.2, 0) is 0 Å². The molecule has 14 heavy (non-hydrogen) atoms. The van der Waals surface area contributed by atoms with Crippen LogP contribution in [0.3, 0.4) is 0 Å². The van der Waals surface area contributed by atoms with E-state index < -0.39 is 0 Å². The standard InChI is InChI=1S/C12H24N2/c1-3-5-7-9-11(13)12(14)10-8-6-4-2/h3-4,11-12H,1-2,5-10,13-14H2. The highest BCUT2D eigenvalue weighted by atomic mass is 14.8. The number of unbranched alkanes of at least 4 members (excludes halogenated alkanes) is 2. The summed E-state index contributed by atoms with van der Waals surface area (Å²) < 4.78 is 0. The third-order valence-corrected chi connectivity index (χ3v) is 2.44. The van der Waals surface area contributed by atoms with Gasteiger partial charge in [0.15, 0.2) is 0 Å². The Morgan fingerprint density at radius 3 is 1.50 bits per heavy atom. The Hall–Kier alpha value is -0.600. The van der Waals surface area contributed by atoms with Crippen molar-refractivity contribution in [2.24, 2.45) is 11.5 Å². The quantitative estimate of drug-likeness (QED) is 0.439. The van der Waals surface area contributed by atoms with Gasteiger partial charge in [-0.1, -0.05) is 12.2 Å². The van der Waals surface area contributed by atoms with Gasteiger partial charge < -0.3 is 11.5 Å². The molecule has 0 aliphatic rings. The molecular weight excluding hydrogens is 172 g/mol. The zero-order valence-electron chi connectivity index (χ0n) is 9.12. The number of hydrogen-bond acceptors (Lipinski definition) is 2. The monoisotopic (exact) mass is 196 g/mol. The Balaban J connectivity index is 3.47. The molecule has 2 atom stereocenters. The maximum atomic E-state index is 5.96. The van der Waals surface area contributed by atoms with E-state index in [2.05, 4.69) is 13.2 Å². The SMILES string of the molecule is C=CCCCC(N)C(N)CCCC=C. The van der Waals surface area contributed by atoms with Gasteiger partial charge in [-0.15, -0.1) is 13.2 Å². The van der Waals surface area contributed by atoms with Gasteiger partial charge in [-0.2, -0.15) is 0 Å². The fourth-order valence-electron chi connectivity index (χ4n) is 1.42. The van der Waals surface area contributed by atoms with Crippen LogP contribution in [0.2, 0.25) is 0 Å². The van der Waals surface area contributed by atoms with Crippen LogP contribution < -0.4 is 11.5 Å². The van der Waals surface area contributed by atoms with Crippen LogP contribution in [0.15, 0.2) is 25.3 Å². The van der Waals surface area contributed by atoms with E-state index in [0.717, 1.165) is 38.5 Å². The number of nitrogens with two attached hydrogens (primary N) is 2. The van der Waals surface area contributed by atoms with E-state index in [-0.39, 0.29) is 12.1 Å². The zero-order chi connectivity index (χ0) is 10.8. The van der Waals surface area contributed by atoms with Crippen LogP contribution in [0.4, 0.5) is 0 Å². The van der Waals surface area contributed by atoms with Gasteiger partial charge in [0.25, 0.3) is 0 Å². The lowest BCUT2D eigenvalue weighted by molar-refractivity contribution is 0.451. The van der Waals surface area contributed by atoms with Crippen molar-refractivity contribution in [3.8, 4) is 0 Å². The second-order valence-electron chi connectivity index (χ2n) is 3.77. The number of rotatable bonds is 9. The summed E-state index contributed by atoms with van der Waals surface area (Å²) in [7, 11) is 0. The highest BCUT2D eigenvalue weighted by molar-refractivity contribution is 4.78. The van der Waals surface area contributed by atoms with E-state index in [1.165, 1.54) is 0 Å². The summed E-state index contributed by atoms with van der Waals surface area (Å²) in [5.41, 5.74) is 11.9. The molecule has 0 aromatic rings. The van der Waals surface area contributed by atoms with Crippen LogP contribution in [0, 0.1) is 0 Å². The molecule has 0 rings (SSSR count). The predicted octanol–water partition coefficient (Wildman–Crippen LogP) is 2.35. The zero-order valence-corrected chi connectivity index (χ0v) is 9.12. The third-order valence-electron chi connectivity index (χ3n) is 2.44. The summed E-state index contributed by atoms with van der Waals surface area (Å²) in [6.07, 6.45) is 10.1. The lowest BCUT2D eigenvalue weighted by Crippen LogP contribution is -2.41. The summed E-state index contributed by atoms with van der Waals surface area (Å²) in [5.74, 6) is 0. The van der Waals surface area contributed by atoms with Gasteiger partial charge >= 0.3 is 0 Å². The largest absolute Gasteiger partial charge is 0.326 e. The normalized spacial score (nSPS) is 14.7. The van der Waals surface area contributed by atoms with E-state index in [4.69, 9.17) is 11.5 Å². The van der Waals surface area contributed by atoms with Crippen LogP contribution in [-0.4, -0.2) is 12.1 Å². The first-order chi connectivity index (χ1) is 6.72. The Labute approximate surface area is 88.1 Å². The fourth-order valence-corrected chi connectivity index (χ4v) is 1.42. The summed E-state index contributed by atoms with van der Waals surface area (Å²) in [6.45, 7) is 7.36. The van der Waals surface area contributed by atoms with E-state index in [9.17, 15) is 0 Å². The van der Waals surface area contributed by atoms with Crippen LogP contribution >= 0.6 is 0 Å². The molecule has 0 heterocycles. The molecule has 2 heteroatoms. The second-order valence-corrected chi connectivity index (χ2v) is 3.77. The molecule has 0 aliphatic heterocycles. The lowest BCUT2D eigenvalue weighted by atomic mass is 9.98. The minimum Gasteiger partial charge on any atom is -0.326 e. The average Bonchev–Trinajstić information content (AvgIpc) is 2.18. The Morgan fingerprint density at radius 1 is 0.857 bits per heavy atom. The molecular formula is C12H24N2. The van der Waals surface area contributed by atoms with Crippen LogP contribution in [0.25, 0.3) is 0 Å². The van der Waals surface area contributed by atoms with Crippen molar-refractivity contribution in [2.45, 2.75) is 50.6 Å². The van der Waals surface area contributed by atoms with Crippen molar-refractivity contribution < 1.29 is 0 Å². The molecule has 0 bridgehead atoms. The van der Waals surface area contributed by atoms with E-state index >= 15 is 0 Å². The van der Waals surface area contributed by atoms with Crippen molar-refractivity contribution in [2.75, 3.05) is 0 Å². The minimum atomic E-state index is 0.139. The molecule has 0 saturated heterocycles. The minimum absolute atomic E-state index is 0.139. The van der Waals surface area contributed by atoms with Gasteiger partial charge in [-0.3, -0.25) is 0 Å². The molecule has 4 N–H and O–H groups in total. The molecule has 0 spiro atoms. The second kappa shape index (κ2) is 8.97. The van der Waals surface area contributed by atoms with Crippen LogP contribution in [0.1, 0.15) is 38.5 Å². The molecule has 0 amide bonds. The van der Waals surface area contributed by atoms with Crippen molar-refractivity contribution in [3.63, 3.8) is 0 Å². The van der Waals surface area contributed by atoms with Crippen molar-refractivity contribution in [1.29, 1.82) is 0 Å². The van der Waals surface area contributed by atoms with Gasteiger partial charge in [0.2, 0.25) is 0 Å². The van der Waals surface area contributed by atoms with Crippen molar-refractivity contribution in [1.82, 2.24) is 0 Å². The predicted molar refractivity (Wildman–Crippen MR) is 64.0 cm³/mol. The van der Waals surface area contributed by atoms with Gasteiger partial charge in [0.1, 0.15) is 0 Å². The van der Waals surface area contributed by atoms with E-state index in [1.54, 1.807) is 0 Å². The molecule has 2 unspecified atom stereocenters. The summed E-state index contributed by atoms with van der Waals surface area (Å²) >= 11 is 0. The van der Waals surface area contributed by atoms with Gasteiger partial charge in [-0.25, -0.2) is 0 Å². The fraction of sp³-hybridized carbons (Fsp3) is 0.667. The topological polar surface area (TPSA) is 52.0 Å². The van der Waals surface area contributed by atoms with Gasteiger partial charge in [-0.05, 0) is 38.5 Å². The molecule has 0 fully saturated rings. The highest BCUT2D eigenvalue weighted by Gasteiger charge is 2.11. The average molecular weight is 196 g/mol. The summed E-state index contributed by atoms with van der Waals surface area (Å²) in [5, 5.41) is 0. The maximum Gasteiger partial charge on any atom is 0.0192 e. The number of allylic oxidation sites excluding steroid dienone is 2.